The number of hydrogen-bond acceptors (Lipinski definition) is 3. The maximum Gasteiger partial charge on any atom is 0.322 e. The second-order valence-corrected chi connectivity index (χ2v) is 9.44. The van der Waals surface area contributed by atoms with Crippen LogP contribution in [0, 0.1) is 13.8 Å². The number of carbonyl (C=O) groups excluding carboxylic acids is 2. The van der Waals surface area contributed by atoms with E-state index in [1.807, 2.05) is 101 Å². The second kappa shape index (κ2) is 9.41. The van der Waals surface area contributed by atoms with E-state index in [1.165, 1.54) is 0 Å². The zero-order chi connectivity index (χ0) is 25.4. The van der Waals surface area contributed by atoms with Crippen LogP contribution in [0.25, 0.3) is 5.69 Å². The van der Waals surface area contributed by atoms with Gasteiger partial charge in [-0.1, -0.05) is 29.8 Å². The molecule has 1 unspecified atom stereocenters. The molecule has 0 bridgehead atoms. The maximum absolute atomic E-state index is 14.0. The Kier molecular flexibility index (Phi) is 6.14. The summed E-state index contributed by atoms with van der Waals surface area (Å²) in [4.78, 5) is 30.7. The number of aromatic nitrogens is 1. The Morgan fingerprint density at radius 1 is 1.00 bits per heavy atom. The zero-order valence-corrected chi connectivity index (χ0v) is 20.9. The minimum absolute atomic E-state index is 0.0827. The van der Waals surface area contributed by atoms with Crippen LogP contribution < -0.4 is 10.2 Å². The molecule has 3 heterocycles. The van der Waals surface area contributed by atoms with E-state index in [2.05, 4.69) is 9.88 Å². The number of benzene rings is 2. The number of nitrogens with one attached hydrogen (secondary N) is 1. The molecule has 2 aromatic heterocycles. The van der Waals surface area contributed by atoms with Crippen molar-refractivity contribution in [1.82, 2.24) is 9.47 Å². The first-order chi connectivity index (χ1) is 17.3. The van der Waals surface area contributed by atoms with Gasteiger partial charge in [0, 0.05) is 17.9 Å². The molecular weight excluding hydrogens is 452 g/mol. The molecule has 184 valence electrons. The van der Waals surface area contributed by atoms with Crippen LogP contribution in [-0.4, -0.2) is 34.0 Å². The van der Waals surface area contributed by atoms with E-state index in [4.69, 9.17) is 4.42 Å². The molecule has 1 aliphatic heterocycles. The number of anilines is 2. The fraction of sp³-hybridized carbons (Fsp3) is 0.241. The van der Waals surface area contributed by atoms with Crippen molar-refractivity contribution in [2.75, 3.05) is 16.8 Å². The van der Waals surface area contributed by atoms with Gasteiger partial charge >= 0.3 is 6.03 Å². The van der Waals surface area contributed by atoms with Crippen molar-refractivity contribution in [1.29, 1.82) is 0 Å². The highest BCUT2D eigenvalue weighted by atomic mass is 16.3. The Balaban J connectivity index is 1.49. The first-order valence-corrected chi connectivity index (χ1v) is 12.1. The first kappa shape index (κ1) is 23.5. The fourth-order valence-corrected chi connectivity index (χ4v) is 4.83. The Labute approximate surface area is 210 Å². The van der Waals surface area contributed by atoms with Gasteiger partial charge in [-0.2, -0.15) is 0 Å². The summed E-state index contributed by atoms with van der Waals surface area (Å²) in [5.41, 5.74) is 5.43. The summed E-state index contributed by atoms with van der Waals surface area (Å²) in [6, 6.07) is 20.4. The average molecular weight is 483 g/mol. The summed E-state index contributed by atoms with van der Waals surface area (Å²) >= 11 is 0. The van der Waals surface area contributed by atoms with Crippen LogP contribution in [-0.2, 0) is 4.79 Å². The van der Waals surface area contributed by atoms with E-state index < -0.39 is 6.04 Å². The molecule has 1 aliphatic rings. The molecule has 7 heteroatoms. The normalized spacial score (nSPS) is 14.4. The summed E-state index contributed by atoms with van der Waals surface area (Å²) in [6.45, 7) is 7.71. The fourth-order valence-electron chi connectivity index (χ4n) is 4.83. The molecule has 1 N–H and O–H groups in total. The smallest absolute Gasteiger partial charge is 0.322 e. The third-order valence-corrected chi connectivity index (χ3v) is 6.61. The molecule has 36 heavy (non-hydrogen) atoms. The van der Waals surface area contributed by atoms with Crippen molar-refractivity contribution < 1.29 is 14.0 Å². The van der Waals surface area contributed by atoms with Gasteiger partial charge in [-0.15, -0.1) is 0 Å². The number of rotatable bonds is 5. The number of aryl methyl sites for hydroxylation is 2. The highest BCUT2D eigenvalue weighted by Crippen LogP contribution is 2.42. The SMILES string of the molecule is Cc1ccc(NC(=O)N(CC(=O)N2c3ccccc3-n3cccc3C2c2ccco2)C(C)C)c(C)c1. The lowest BCUT2D eigenvalue weighted by molar-refractivity contribution is -0.120. The Morgan fingerprint density at radius 2 is 1.78 bits per heavy atom. The molecule has 2 aromatic carbocycles. The van der Waals surface area contributed by atoms with Gasteiger partial charge in [0.05, 0.1) is 23.3 Å². The Bertz CT molecular complexity index is 1400. The van der Waals surface area contributed by atoms with Crippen molar-refractivity contribution in [3.63, 3.8) is 0 Å². The van der Waals surface area contributed by atoms with Gasteiger partial charge < -0.3 is 19.2 Å². The highest BCUT2D eigenvalue weighted by molar-refractivity contribution is 6.01. The lowest BCUT2D eigenvalue weighted by atomic mass is 10.0. The molecule has 5 rings (SSSR count). The molecule has 0 aliphatic carbocycles. The van der Waals surface area contributed by atoms with Crippen LogP contribution in [0.3, 0.4) is 0 Å². The lowest BCUT2D eigenvalue weighted by Gasteiger charge is -2.38. The molecule has 0 fully saturated rings. The average Bonchev–Trinajstić information content (AvgIpc) is 3.55. The Hall–Kier alpha value is -4.26. The van der Waals surface area contributed by atoms with E-state index in [9.17, 15) is 9.59 Å². The van der Waals surface area contributed by atoms with Gasteiger partial charge in [0.25, 0.3) is 0 Å². The summed E-state index contributed by atoms with van der Waals surface area (Å²) in [5, 5.41) is 2.99. The summed E-state index contributed by atoms with van der Waals surface area (Å²) in [5.74, 6) is 0.467. The largest absolute Gasteiger partial charge is 0.467 e. The van der Waals surface area contributed by atoms with Crippen molar-refractivity contribution in [3.8, 4) is 5.69 Å². The van der Waals surface area contributed by atoms with E-state index >= 15 is 0 Å². The number of nitrogens with zero attached hydrogens (tertiary/aromatic N) is 3. The maximum atomic E-state index is 14.0. The second-order valence-electron chi connectivity index (χ2n) is 9.44. The predicted octanol–water partition coefficient (Wildman–Crippen LogP) is 6.07. The summed E-state index contributed by atoms with van der Waals surface area (Å²) < 4.78 is 7.88. The number of urea groups is 1. The molecule has 1 atom stereocenters. The van der Waals surface area contributed by atoms with Crippen molar-refractivity contribution >= 4 is 23.3 Å². The molecule has 0 radical (unpaired) electrons. The number of amides is 3. The van der Waals surface area contributed by atoms with E-state index in [0.29, 0.717) is 5.76 Å². The van der Waals surface area contributed by atoms with E-state index in [-0.39, 0.29) is 24.5 Å². The van der Waals surface area contributed by atoms with Gasteiger partial charge in [0.1, 0.15) is 18.3 Å². The van der Waals surface area contributed by atoms with Gasteiger partial charge in [0.2, 0.25) is 5.91 Å². The molecular formula is C29H30N4O3. The third kappa shape index (κ3) is 4.17. The molecule has 4 aromatic rings. The highest BCUT2D eigenvalue weighted by Gasteiger charge is 2.38. The number of para-hydroxylation sites is 2. The minimum atomic E-state index is -0.450. The minimum Gasteiger partial charge on any atom is -0.467 e. The first-order valence-electron chi connectivity index (χ1n) is 12.1. The van der Waals surface area contributed by atoms with Gasteiger partial charge in [-0.3, -0.25) is 9.69 Å². The standard InChI is InChI=1S/C29H30N4O3/c1-19(2)32(29(35)30-22-14-13-20(3)17-21(22)4)18-27(34)33-24-10-6-5-9-23(24)31-15-7-11-25(31)28(33)26-12-8-16-36-26/h5-17,19,28H,18H2,1-4H3,(H,30,35). The van der Waals surface area contributed by atoms with Crippen LogP contribution >= 0.6 is 0 Å². The predicted molar refractivity (Wildman–Crippen MR) is 141 cm³/mol. The summed E-state index contributed by atoms with van der Waals surface area (Å²) in [6.07, 6.45) is 3.60. The topological polar surface area (TPSA) is 70.7 Å². The van der Waals surface area contributed by atoms with Gasteiger partial charge in [0.15, 0.2) is 0 Å². The molecule has 0 spiro atoms. The number of carbonyl (C=O) groups is 2. The van der Waals surface area contributed by atoms with E-state index in [0.717, 1.165) is 33.9 Å². The summed E-state index contributed by atoms with van der Waals surface area (Å²) in [7, 11) is 0. The zero-order valence-electron chi connectivity index (χ0n) is 20.9. The quantitative estimate of drug-likeness (QED) is 0.376. The molecule has 3 amide bonds. The third-order valence-electron chi connectivity index (χ3n) is 6.61. The molecule has 0 saturated carbocycles. The van der Waals surface area contributed by atoms with Gasteiger partial charge in [-0.05, 0) is 75.7 Å². The van der Waals surface area contributed by atoms with Crippen molar-refractivity contribution in [3.05, 3.63) is 102 Å². The Morgan fingerprint density at radius 3 is 2.47 bits per heavy atom. The van der Waals surface area contributed by atoms with Crippen LogP contribution in [0.15, 0.2) is 83.6 Å². The van der Waals surface area contributed by atoms with Crippen LogP contribution in [0.1, 0.15) is 42.5 Å². The number of furan rings is 1. The number of fused-ring (bicyclic) bond motifs is 3. The molecule has 7 nitrogen and oxygen atoms in total. The monoisotopic (exact) mass is 482 g/mol. The van der Waals surface area contributed by atoms with Crippen LogP contribution in [0.2, 0.25) is 0 Å². The van der Waals surface area contributed by atoms with Crippen LogP contribution in [0.4, 0.5) is 16.2 Å². The molecule has 0 saturated heterocycles. The lowest BCUT2D eigenvalue weighted by Crippen LogP contribution is -2.49. The van der Waals surface area contributed by atoms with E-state index in [1.54, 1.807) is 16.1 Å². The van der Waals surface area contributed by atoms with Crippen LogP contribution in [0.5, 0.6) is 0 Å². The number of hydrogen-bond donors (Lipinski definition) is 1. The van der Waals surface area contributed by atoms with Crippen molar-refractivity contribution in [2.45, 2.75) is 39.8 Å². The van der Waals surface area contributed by atoms with Crippen molar-refractivity contribution in [2.24, 2.45) is 0 Å². The van der Waals surface area contributed by atoms with Gasteiger partial charge in [-0.25, -0.2) is 4.79 Å².